The van der Waals surface area contributed by atoms with Crippen molar-refractivity contribution in [2.24, 2.45) is 5.73 Å². The minimum atomic E-state index is -0.237. The van der Waals surface area contributed by atoms with E-state index in [1.807, 2.05) is 7.05 Å². The molecule has 1 aromatic heterocycles. The molecule has 3 N–H and O–H groups in total. The molecule has 0 aliphatic carbocycles. The van der Waals surface area contributed by atoms with E-state index in [0.29, 0.717) is 6.54 Å². The molecule has 1 unspecified atom stereocenters. The van der Waals surface area contributed by atoms with Crippen LogP contribution >= 0.6 is 11.5 Å². The van der Waals surface area contributed by atoms with E-state index in [1.165, 1.54) is 11.5 Å². The molecule has 7 heteroatoms. The fourth-order valence-electron chi connectivity index (χ4n) is 2.20. The standard InChI is InChI=1S/C10H17N5OS/c1-12-10-7(13-14-17-10)6-15-5-3-2-4-8(15)9(11)16/h8,12H,2-6H2,1H3,(H2,11,16). The summed E-state index contributed by atoms with van der Waals surface area (Å²) >= 11 is 1.33. The number of primary amides is 1. The van der Waals surface area contributed by atoms with Crippen LogP contribution in [0.1, 0.15) is 25.0 Å². The average Bonchev–Trinajstić information content (AvgIpc) is 2.77. The van der Waals surface area contributed by atoms with Crippen molar-refractivity contribution < 1.29 is 4.79 Å². The van der Waals surface area contributed by atoms with Crippen LogP contribution in [0.2, 0.25) is 0 Å². The highest BCUT2D eigenvalue weighted by atomic mass is 32.1. The van der Waals surface area contributed by atoms with Crippen molar-refractivity contribution in [3.05, 3.63) is 5.69 Å². The summed E-state index contributed by atoms with van der Waals surface area (Å²) in [5, 5.41) is 8.10. The maximum atomic E-state index is 11.4. The van der Waals surface area contributed by atoms with Gasteiger partial charge in [-0.2, -0.15) is 0 Å². The topological polar surface area (TPSA) is 84.1 Å². The number of rotatable bonds is 4. The first-order chi connectivity index (χ1) is 8.22. The lowest BCUT2D eigenvalue weighted by Crippen LogP contribution is -2.47. The first-order valence-electron chi connectivity index (χ1n) is 5.74. The molecule has 94 valence electrons. The number of carbonyl (C=O) groups excluding carboxylic acids is 1. The number of nitrogens with zero attached hydrogens (tertiary/aromatic N) is 3. The summed E-state index contributed by atoms with van der Waals surface area (Å²) in [5.74, 6) is -0.237. The van der Waals surface area contributed by atoms with Gasteiger partial charge in [0.1, 0.15) is 10.7 Å². The number of piperidine rings is 1. The molecule has 1 atom stereocenters. The molecule has 17 heavy (non-hydrogen) atoms. The van der Waals surface area contributed by atoms with Gasteiger partial charge in [-0.15, -0.1) is 5.10 Å². The van der Waals surface area contributed by atoms with Gasteiger partial charge in [0.15, 0.2) is 0 Å². The zero-order valence-corrected chi connectivity index (χ0v) is 10.7. The lowest BCUT2D eigenvalue weighted by Gasteiger charge is -2.32. The number of likely N-dealkylation sites (tertiary alicyclic amines) is 1. The van der Waals surface area contributed by atoms with Gasteiger partial charge < -0.3 is 11.1 Å². The van der Waals surface area contributed by atoms with Gasteiger partial charge in [-0.05, 0) is 19.4 Å². The number of nitrogens with two attached hydrogens (primary N) is 1. The fourth-order valence-corrected chi connectivity index (χ4v) is 2.72. The van der Waals surface area contributed by atoms with Crippen LogP contribution in [-0.4, -0.2) is 40.0 Å². The Morgan fingerprint density at radius 2 is 2.47 bits per heavy atom. The first-order valence-corrected chi connectivity index (χ1v) is 6.52. The van der Waals surface area contributed by atoms with Crippen LogP contribution in [0.4, 0.5) is 5.00 Å². The Hall–Kier alpha value is -1.21. The molecular weight excluding hydrogens is 238 g/mol. The second-order valence-corrected chi connectivity index (χ2v) is 4.94. The van der Waals surface area contributed by atoms with Crippen molar-refractivity contribution >= 4 is 22.4 Å². The molecule has 1 aliphatic heterocycles. The zero-order chi connectivity index (χ0) is 12.3. The highest BCUT2D eigenvalue weighted by Gasteiger charge is 2.28. The lowest BCUT2D eigenvalue weighted by atomic mass is 10.0. The van der Waals surface area contributed by atoms with E-state index >= 15 is 0 Å². The Balaban J connectivity index is 2.08. The van der Waals surface area contributed by atoms with Crippen LogP contribution in [-0.2, 0) is 11.3 Å². The Bertz CT molecular complexity index is 394. The number of anilines is 1. The predicted molar refractivity (Wildman–Crippen MR) is 66.7 cm³/mol. The molecule has 6 nitrogen and oxygen atoms in total. The monoisotopic (exact) mass is 255 g/mol. The van der Waals surface area contributed by atoms with E-state index in [2.05, 4.69) is 19.8 Å². The van der Waals surface area contributed by atoms with E-state index in [4.69, 9.17) is 5.73 Å². The number of carbonyl (C=O) groups is 1. The van der Waals surface area contributed by atoms with E-state index < -0.39 is 0 Å². The van der Waals surface area contributed by atoms with Crippen molar-refractivity contribution in [3.63, 3.8) is 0 Å². The Labute approximate surface area is 104 Å². The highest BCUT2D eigenvalue weighted by molar-refractivity contribution is 7.10. The molecule has 1 fully saturated rings. The summed E-state index contributed by atoms with van der Waals surface area (Å²) in [5.41, 5.74) is 6.32. The number of nitrogens with one attached hydrogen (secondary N) is 1. The number of amides is 1. The molecule has 0 aromatic carbocycles. The smallest absolute Gasteiger partial charge is 0.234 e. The van der Waals surface area contributed by atoms with Crippen molar-refractivity contribution in [2.75, 3.05) is 18.9 Å². The maximum absolute atomic E-state index is 11.4. The molecule has 1 amide bonds. The van der Waals surface area contributed by atoms with E-state index in [9.17, 15) is 4.79 Å². The van der Waals surface area contributed by atoms with Gasteiger partial charge in [0.25, 0.3) is 0 Å². The number of aromatic nitrogens is 2. The summed E-state index contributed by atoms with van der Waals surface area (Å²) in [7, 11) is 1.85. The Kier molecular flexibility index (Phi) is 3.90. The SMILES string of the molecule is CNc1snnc1CN1CCCCC1C(N)=O. The Morgan fingerprint density at radius 1 is 1.65 bits per heavy atom. The summed E-state index contributed by atoms with van der Waals surface area (Å²) in [6.45, 7) is 1.54. The molecule has 1 saturated heterocycles. The van der Waals surface area contributed by atoms with Gasteiger partial charge >= 0.3 is 0 Å². The van der Waals surface area contributed by atoms with Crippen molar-refractivity contribution in [1.82, 2.24) is 14.5 Å². The molecule has 0 saturated carbocycles. The summed E-state index contributed by atoms with van der Waals surface area (Å²) in [6.07, 6.45) is 3.02. The number of hydrogen-bond donors (Lipinski definition) is 2. The van der Waals surface area contributed by atoms with Crippen molar-refractivity contribution in [2.45, 2.75) is 31.8 Å². The van der Waals surface area contributed by atoms with Crippen LogP contribution in [0.5, 0.6) is 0 Å². The second kappa shape index (κ2) is 5.42. The van der Waals surface area contributed by atoms with Crippen molar-refractivity contribution in [1.29, 1.82) is 0 Å². The summed E-state index contributed by atoms with van der Waals surface area (Å²) in [4.78, 5) is 13.5. The third-order valence-electron chi connectivity index (χ3n) is 3.08. The van der Waals surface area contributed by atoms with Crippen LogP contribution in [0.15, 0.2) is 0 Å². The molecule has 1 aliphatic rings. The van der Waals surface area contributed by atoms with Crippen LogP contribution in [0, 0.1) is 0 Å². The third kappa shape index (κ3) is 2.73. The Morgan fingerprint density at radius 3 is 3.18 bits per heavy atom. The van der Waals surface area contributed by atoms with E-state index in [-0.39, 0.29) is 11.9 Å². The molecule has 2 heterocycles. The van der Waals surface area contributed by atoms with Gasteiger partial charge in [-0.3, -0.25) is 9.69 Å². The highest BCUT2D eigenvalue weighted by Crippen LogP contribution is 2.23. The van der Waals surface area contributed by atoms with E-state index in [0.717, 1.165) is 36.5 Å². The summed E-state index contributed by atoms with van der Waals surface area (Å²) < 4.78 is 3.91. The zero-order valence-electron chi connectivity index (χ0n) is 9.85. The minimum Gasteiger partial charge on any atom is -0.377 e. The minimum absolute atomic E-state index is 0.157. The quantitative estimate of drug-likeness (QED) is 0.814. The van der Waals surface area contributed by atoms with Crippen LogP contribution in [0.3, 0.4) is 0 Å². The molecular formula is C10H17N5OS. The van der Waals surface area contributed by atoms with Crippen molar-refractivity contribution in [3.8, 4) is 0 Å². The maximum Gasteiger partial charge on any atom is 0.234 e. The molecule has 1 aromatic rings. The molecule has 0 bridgehead atoms. The molecule has 0 spiro atoms. The third-order valence-corrected chi connectivity index (χ3v) is 3.86. The summed E-state index contributed by atoms with van der Waals surface area (Å²) in [6, 6.07) is -0.157. The normalized spacial score (nSPS) is 21.4. The predicted octanol–water partition coefficient (Wildman–Crippen LogP) is 0.420. The fraction of sp³-hybridized carbons (Fsp3) is 0.700. The largest absolute Gasteiger partial charge is 0.377 e. The first kappa shape index (κ1) is 12.3. The van der Waals surface area contributed by atoms with Gasteiger partial charge in [-0.25, -0.2) is 0 Å². The van der Waals surface area contributed by atoms with Gasteiger partial charge in [0.2, 0.25) is 5.91 Å². The average molecular weight is 255 g/mol. The lowest BCUT2D eigenvalue weighted by molar-refractivity contribution is -0.124. The van der Waals surface area contributed by atoms with Crippen LogP contribution < -0.4 is 11.1 Å². The second-order valence-electron chi connectivity index (χ2n) is 4.18. The molecule has 0 radical (unpaired) electrons. The van der Waals surface area contributed by atoms with Crippen LogP contribution in [0.25, 0.3) is 0 Å². The van der Waals surface area contributed by atoms with E-state index in [1.54, 1.807) is 0 Å². The number of hydrogen-bond acceptors (Lipinski definition) is 6. The van der Waals surface area contributed by atoms with Gasteiger partial charge in [0.05, 0.1) is 6.04 Å². The van der Waals surface area contributed by atoms with Gasteiger partial charge in [0, 0.05) is 25.1 Å². The molecule has 2 rings (SSSR count). The van der Waals surface area contributed by atoms with Gasteiger partial charge in [-0.1, -0.05) is 10.9 Å².